The van der Waals surface area contributed by atoms with E-state index in [9.17, 15) is 4.39 Å². The Bertz CT molecular complexity index is 462. The smallest absolute Gasteiger partial charge is 0.125 e. The molecule has 15 heavy (non-hydrogen) atoms. The zero-order chi connectivity index (χ0) is 10.8. The fourth-order valence-corrected chi connectivity index (χ4v) is 1.55. The summed E-state index contributed by atoms with van der Waals surface area (Å²) >= 11 is 0. The van der Waals surface area contributed by atoms with Crippen LogP contribution < -0.4 is 5.73 Å². The molecule has 1 aromatic heterocycles. The van der Waals surface area contributed by atoms with Crippen molar-refractivity contribution in [2.75, 3.05) is 0 Å². The molecule has 1 heterocycles. The molecule has 2 rings (SSSR count). The minimum Gasteiger partial charge on any atom is -0.328 e. The first-order valence-electron chi connectivity index (χ1n) is 5.03. The monoisotopic (exact) mass is 207 g/mol. The van der Waals surface area contributed by atoms with Gasteiger partial charge in [0.25, 0.3) is 0 Å². The van der Waals surface area contributed by atoms with Crippen LogP contribution in [0.15, 0.2) is 24.4 Å². The molecule has 0 saturated heterocycles. The van der Waals surface area contributed by atoms with Crippen molar-refractivity contribution in [1.82, 2.24) is 9.78 Å². The Morgan fingerprint density at radius 2 is 2.33 bits per heavy atom. The summed E-state index contributed by atoms with van der Waals surface area (Å²) in [6.07, 6.45) is 2.59. The van der Waals surface area contributed by atoms with Crippen molar-refractivity contribution in [3.63, 3.8) is 0 Å². The molecule has 1 aromatic carbocycles. The van der Waals surface area contributed by atoms with Crippen LogP contribution in [-0.2, 0) is 6.54 Å². The van der Waals surface area contributed by atoms with Gasteiger partial charge in [0, 0.05) is 18.0 Å². The van der Waals surface area contributed by atoms with Gasteiger partial charge in [0.15, 0.2) is 0 Å². The molecule has 0 radical (unpaired) electrons. The second-order valence-corrected chi connectivity index (χ2v) is 3.84. The van der Waals surface area contributed by atoms with Gasteiger partial charge in [-0.2, -0.15) is 5.10 Å². The Labute approximate surface area is 87.7 Å². The Balaban J connectivity index is 2.31. The molecule has 1 unspecified atom stereocenters. The van der Waals surface area contributed by atoms with Gasteiger partial charge in [-0.05, 0) is 31.5 Å². The summed E-state index contributed by atoms with van der Waals surface area (Å²) in [5.41, 5.74) is 6.50. The van der Waals surface area contributed by atoms with Crippen LogP contribution in [0, 0.1) is 5.82 Å². The lowest BCUT2D eigenvalue weighted by Crippen LogP contribution is -2.17. The zero-order valence-corrected chi connectivity index (χ0v) is 8.65. The minimum atomic E-state index is -0.231. The van der Waals surface area contributed by atoms with Crippen molar-refractivity contribution >= 4 is 10.9 Å². The van der Waals surface area contributed by atoms with E-state index in [1.807, 2.05) is 6.92 Å². The van der Waals surface area contributed by atoms with Gasteiger partial charge < -0.3 is 5.73 Å². The third-order valence-corrected chi connectivity index (χ3v) is 2.40. The maximum atomic E-state index is 13.0. The van der Waals surface area contributed by atoms with E-state index >= 15 is 0 Å². The second kappa shape index (κ2) is 3.98. The largest absolute Gasteiger partial charge is 0.328 e. The molecule has 0 spiro atoms. The van der Waals surface area contributed by atoms with Crippen molar-refractivity contribution in [3.05, 3.63) is 30.2 Å². The average Bonchev–Trinajstić information content (AvgIpc) is 2.57. The van der Waals surface area contributed by atoms with Crippen molar-refractivity contribution in [2.24, 2.45) is 5.73 Å². The summed E-state index contributed by atoms with van der Waals surface area (Å²) in [6, 6.07) is 4.82. The third kappa shape index (κ3) is 2.15. The maximum Gasteiger partial charge on any atom is 0.125 e. The Hall–Kier alpha value is -1.42. The predicted octanol–water partition coefficient (Wildman–Crippen LogP) is 1.91. The molecule has 0 bridgehead atoms. The zero-order valence-electron chi connectivity index (χ0n) is 8.65. The molecule has 1 atom stereocenters. The summed E-state index contributed by atoms with van der Waals surface area (Å²) < 4.78 is 14.8. The third-order valence-electron chi connectivity index (χ3n) is 2.40. The number of nitrogens with two attached hydrogens (primary N) is 1. The lowest BCUT2D eigenvalue weighted by atomic mass is 10.2. The Morgan fingerprint density at radius 1 is 1.53 bits per heavy atom. The van der Waals surface area contributed by atoms with Crippen LogP contribution in [0.2, 0.25) is 0 Å². The van der Waals surface area contributed by atoms with Gasteiger partial charge in [0.1, 0.15) is 5.82 Å². The quantitative estimate of drug-likeness (QED) is 0.835. The molecule has 2 aromatic rings. The number of aromatic nitrogens is 2. The van der Waals surface area contributed by atoms with Gasteiger partial charge in [-0.1, -0.05) is 0 Å². The van der Waals surface area contributed by atoms with E-state index in [4.69, 9.17) is 5.73 Å². The van der Waals surface area contributed by atoms with Crippen LogP contribution in [0.3, 0.4) is 0 Å². The van der Waals surface area contributed by atoms with Crippen LogP contribution >= 0.6 is 0 Å². The van der Waals surface area contributed by atoms with Crippen molar-refractivity contribution in [2.45, 2.75) is 25.9 Å². The van der Waals surface area contributed by atoms with Gasteiger partial charge in [0.05, 0.1) is 11.7 Å². The first-order chi connectivity index (χ1) is 7.16. The van der Waals surface area contributed by atoms with Crippen molar-refractivity contribution in [3.8, 4) is 0 Å². The fraction of sp³-hybridized carbons (Fsp3) is 0.364. The first-order valence-corrected chi connectivity index (χ1v) is 5.03. The molecule has 4 heteroatoms. The standard InChI is InChI=1S/C11H14FN3/c1-8(13)4-5-15-11-6-10(12)3-2-9(11)7-14-15/h2-3,6-8H,4-5,13H2,1H3. The minimum absolute atomic E-state index is 0.137. The first kappa shape index (κ1) is 10.1. The van der Waals surface area contributed by atoms with E-state index in [1.54, 1.807) is 16.9 Å². The lowest BCUT2D eigenvalue weighted by Gasteiger charge is -2.06. The number of hydrogen-bond donors (Lipinski definition) is 1. The molecule has 3 nitrogen and oxygen atoms in total. The number of nitrogens with zero attached hydrogens (tertiary/aromatic N) is 2. The SMILES string of the molecule is CC(N)CCn1ncc2ccc(F)cc21. The second-order valence-electron chi connectivity index (χ2n) is 3.84. The van der Waals surface area contributed by atoms with Crippen molar-refractivity contribution < 1.29 is 4.39 Å². The molecule has 0 aliphatic rings. The molecule has 80 valence electrons. The summed E-state index contributed by atoms with van der Waals surface area (Å²) in [5.74, 6) is -0.231. The summed E-state index contributed by atoms with van der Waals surface area (Å²) in [5, 5.41) is 5.16. The summed E-state index contributed by atoms with van der Waals surface area (Å²) in [6.45, 7) is 2.68. The molecule has 0 aliphatic heterocycles. The number of benzene rings is 1. The number of halogens is 1. The van der Waals surface area contributed by atoms with Crippen LogP contribution in [-0.4, -0.2) is 15.8 Å². The molecular weight excluding hydrogens is 193 g/mol. The topological polar surface area (TPSA) is 43.8 Å². The highest BCUT2D eigenvalue weighted by Crippen LogP contribution is 2.15. The van der Waals surface area contributed by atoms with Crippen LogP contribution in [0.5, 0.6) is 0 Å². The van der Waals surface area contributed by atoms with Crippen LogP contribution in [0.25, 0.3) is 10.9 Å². The Kier molecular flexibility index (Phi) is 2.68. The number of fused-ring (bicyclic) bond motifs is 1. The normalized spacial score (nSPS) is 13.3. The van der Waals surface area contributed by atoms with Crippen molar-refractivity contribution in [1.29, 1.82) is 0 Å². The molecule has 2 N–H and O–H groups in total. The van der Waals surface area contributed by atoms with Gasteiger partial charge in [-0.15, -0.1) is 0 Å². The highest BCUT2D eigenvalue weighted by molar-refractivity contribution is 5.78. The van der Waals surface area contributed by atoms with E-state index in [-0.39, 0.29) is 11.9 Å². The van der Waals surface area contributed by atoms with E-state index < -0.39 is 0 Å². The molecule has 0 fully saturated rings. The summed E-state index contributed by atoms with van der Waals surface area (Å²) in [7, 11) is 0. The van der Waals surface area contributed by atoms with E-state index in [2.05, 4.69) is 5.10 Å². The van der Waals surface area contributed by atoms with E-state index in [0.29, 0.717) is 0 Å². The molecule has 0 saturated carbocycles. The number of aryl methyl sites for hydroxylation is 1. The molecular formula is C11H14FN3. The number of hydrogen-bond acceptors (Lipinski definition) is 2. The molecule has 0 aliphatic carbocycles. The lowest BCUT2D eigenvalue weighted by molar-refractivity contribution is 0.541. The Morgan fingerprint density at radius 3 is 3.07 bits per heavy atom. The highest BCUT2D eigenvalue weighted by atomic mass is 19.1. The van der Waals surface area contributed by atoms with Crippen LogP contribution in [0.4, 0.5) is 4.39 Å². The van der Waals surface area contributed by atoms with Gasteiger partial charge >= 0.3 is 0 Å². The fourth-order valence-electron chi connectivity index (χ4n) is 1.55. The average molecular weight is 207 g/mol. The number of rotatable bonds is 3. The van der Waals surface area contributed by atoms with E-state index in [1.165, 1.54) is 12.1 Å². The highest BCUT2D eigenvalue weighted by Gasteiger charge is 2.04. The maximum absolute atomic E-state index is 13.0. The van der Waals surface area contributed by atoms with Gasteiger partial charge in [-0.25, -0.2) is 4.39 Å². The van der Waals surface area contributed by atoms with Gasteiger partial charge in [-0.3, -0.25) is 4.68 Å². The predicted molar refractivity (Wildman–Crippen MR) is 58.0 cm³/mol. The molecule has 0 amide bonds. The van der Waals surface area contributed by atoms with Gasteiger partial charge in [0.2, 0.25) is 0 Å². The van der Waals surface area contributed by atoms with E-state index in [0.717, 1.165) is 23.9 Å². The van der Waals surface area contributed by atoms with Crippen LogP contribution in [0.1, 0.15) is 13.3 Å². The summed E-state index contributed by atoms with van der Waals surface area (Å²) in [4.78, 5) is 0.